The lowest BCUT2D eigenvalue weighted by molar-refractivity contribution is 0.0698. The highest BCUT2D eigenvalue weighted by molar-refractivity contribution is 14.1. The topological polar surface area (TPSA) is 66.4 Å². The standard InChI is InChI=1S/C14H8Cl2INO3/c15-10-3-1-7(5-11(10)16)13(19)18-12-4-2-8(17)6-9(12)14(20)21/h1-6H,(H,18,19)(H,20,21). The molecule has 0 saturated heterocycles. The number of anilines is 1. The molecule has 2 aromatic rings. The molecule has 1 amide bonds. The Morgan fingerprint density at radius 2 is 1.76 bits per heavy atom. The van der Waals surface area contributed by atoms with E-state index in [1.807, 2.05) is 22.6 Å². The van der Waals surface area contributed by atoms with Gasteiger partial charge < -0.3 is 10.4 Å². The van der Waals surface area contributed by atoms with Crippen LogP contribution >= 0.6 is 45.8 Å². The second-order valence-corrected chi connectivity index (χ2v) is 6.14. The second-order valence-electron chi connectivity index (χ2n) is 4.08. The number of hydrogen-bond donors (Lipinski definition) is 2. The molecule has 4 nitrogen and oxygen atoms in total. The van der Waals surface area contributed by atoms with Crippen molar-refractivity contribution in [1.29, 1.82) is 0 Å². The minimum Gasteiger partial charge on any atom is -0.478 e. The van der Waals surface area contributed by atoms with E-state index in [1.165, 1.54) is 24.3 Å². The van der Waals surface area contributed by atoms with Crippen LogP contribution in [0.25, 0.3) is 0 Å². The molecule has 7 heteroatoms. The number of nitrogens with one attached hydrogen (secondary N) is 1. The molecule has 0 bridgehead atoms. The molecule has 21 heavy (non-hydrogen) atoms. The first kappa shape index (κ1) is 16.1. The zero-order chi connectivity index (χ0) is 15.6. The number of carbonyl (C=O) groups is 2. The first-order valence-corrected chi connectivity index (χ1v) is 7.51. The fourth-order valence-electron chi connectivity index (χ4n) is 1.63. The molecule has 0 radical (unpaired) electrons. The quantitative estimate of drug-likeness (QED) is 0.695. The highest BCUT2D eigenvalue weighted by Crippen LogP contribution is 2.24. The number of amides is 1. The number of carboxylic acids is 1. The zero-order valence-electron chi connectivity index (χ0n) is 10.4. The first-order chi connectivity index (χ1) is 9.88. The summed E-state index contributed by atoms with van der Waals surface area (Å²) in [6.45, 7) is 0. The van der Waals surface area contributed by atoms with Gasteiger partial charge >= 0.3 is 5.97 Å². The van der Waals surface area contributed by atoms with Crippen LogP contribution in [0.1, 0.15) is 20.7 Å². The van der Waals surface area contributed by atoms with Gasteiger partial charge in [-0.05, 0) is 59.0 Å². The molecule has 0 aliphatic rings. The number of carboxylic acid groups (broad SMARTS) is 1. The highest BCUT2D eigenvalue weighted by atomic mass is 127. The van der Waals surface area contributed by atoms with E-state index in [0.29, 0.717) is 10.6 Å². The van der Waals surface area contributed by atoms with Gasteiger partial charge in [0.15, 0.2) is 0 Å². The van der Waals surface area contributed by atoms with Crippen LogP contribution in [0, 0.1) is 3.57 Å². The second kappa shape index (κ2) is 6.64. The monoisotopic (exact) mass is 435 g/mol. The summed E-state index contributed by atoms with van der Waals surface area (Å²) in [4.78, 5) is 23.3. The van der Waals surface area contributed by atoms with Crippen LogP contribution in [0.3, 0.4) is 0 Å². The summed E-state index contributed by atoms with van der Waals surface area (Å²) >= 11 is 13.6. The maximum atomic E-state index is 12.1. The summed E-state index contributed by atoms with van der Waals surface area (Å²) in [5.74, 6) is -1.57. The fourth-order valence-corrected chi connectivity index (χ4v) is 2.42. The van der Waals surface area contributed by atoms with Gasteiger partial charge in [-0.15, -0.1) is 0 Å². The molecule has 108 valence electrons. The van der Waals surface area contributed by atoms with Crippen molar-refractivity contribution in [2.24, 2.45) is 0 Å². The Hall–Kier alpha value is -1.31. The Labute approximate surface area is 144 Å². The van der Waals surface area contributed by atoms with Gasteiger partial charge in [-0.2, -0.15) is 0 Å². The summed E-state index contributed by atoms with van der Waals surface area (Å²) in [5, 5.41) is 12.3. The Morgan fingerprint density at radius 3 is 2.38 bits per heavy atom. The molecule has 0 saturated carbocycles. The minimum atomic E-state index is -1.11. The lowest BCUT2D eigenvalue weighted by atomic mass is 10.1. The molecule has 0 atom stereocenters. The summed E-state index contributed by atoms with van der Waals surface area (Å²) < 4.78 is 0.762. The van der Waals surface area contributed by atoms with Crippen LogP contribution in [0.2, 0.25) is 10.0 Å². The van der Waals surface area contributed by atoms with Crippen molar-refractivity contribution in [3.63, 3.8) is 0 Å². The summed E-state index contributed by atoms with van der Waals surface area (Å²) in [5.41, 5.74) is 0.536. The largest absolute Gasteiger partial charge is 0.478 e. The van der Waals surface area contributed by atoms with Gasteiger partial charge in [0.25, 0.3) is 5.91 Å². The molecular formula is C14H8Cl2INO3. The van der Waals surface area contributed by atoms with Crippen LogP contribution in [-0.4, -0.2) is 17.0 Å². The molecule has 2 rings (SSSR count). The van der Waals surface area contributed by atoms with Gasteiger partial charge in [0.2, 0.25) is 0 Å². The van der Waals surface area contributed by atoms with Gasteiger partial charge in [0.05, 0.1) is 21.3 Å². The van der Waals surface area contributed by atoms with Crippen LogP contribution in [0.4, 0.5) is 5.69 Å². The molecule has 0 spiro atoms. The van der Waals surface area contributed by atoms with E-state index >= 15 is 0 Å². The lowest BCUT2D eigenvalue weighted by Gasteiger charge is -2.09. The molecule has 0 fully saturated rings. The molecule has 0 aromatic heterocycles. The Morgan fingerprint density at radius 1 is 1.05 bits per heavy atom. The Balaban J connectivity index is 2.31. The average molecular weight is 436 g/mol. The van der Waals surface area contributed by atoms with Crippen molar-refractivity contribution < 1.29 is 14.7 Å². The van der Waals surface area contributed by atoms with Gasteiger partial charge in [0.1, 0.15) is 0 Å². The van der Waals surface area contributed by atoms with Crippen molar-refractivity contribution >= 4 is 63.4 Å². The third-order valence-electron chi connectivity index (χ3n) is 2.64. The number of aromatic carboxylic acids is 1. The SMILES string of the molecule is O=C(Nc1ccc(I)cc1C(=O)O)c1ccc(Cl)c(Cl)c1. The third kappa shape index (κ3) is 3.87. The molecule has 0 aliphatic carbocycles. The Kier molecular flexibility index (Phi) is 5.08. The van der Waals surface area contributed by atoms with E-state index in [1.54, 1.807) is 12.1 Å². The van der Waals surface area contributed by atoms with Crippen LogP contribution in [0.5, 0.6) is 0 Å². The van der Waals surface area contributed by atoms with Gasteiger partial charge in [0, 0.05) is 9.13 Å². The average Bonchev–Trinajstić information content (AvgIpc) is 2.43. The highest BCUT2D eigenvalue weighted by Gasteiger charge is 2.14. The van der Waals surface area contributed by atoms with Gasteiger partial charge in [-0.25, -0.2) is 4.79 Å². The fraction of sp³-hybridized carbons (Fsp3) is 0. The third-order valence-corrected chi connectivity index (χ3v) is 4.05. The molecule has 0 aliphatic heterocycles. The number of hydrogen-bond acceptors (Lipinski definition) is 2. The van der Waals surface area contributed by atoms with Crippen molar-refractivity contribution in [2.45, 2.75) is 0 Å². The number of halogens is 3. The maximum Gasteiger partial charge on any atom is 0.337 e. The first-order valence-electron chi connectivity index (χ1n) is 5.67. The smallest absolute Gasteiger partial charge is 0.337 e. The number of benzene rings is 2. The lowest BCUT2D eigenvalue weighted by Crippen LogP contribution is -2.15. The summed E-state index contributed by atoms with van der Waals surface area (Å²) in [7, 11) is 0. The van der Waals surface area contributed by atoms with Crippen LogP contribution in [-0.2, 0) is 0 Å². The van der Waals surface area contributed by atoms with E-state index in [-0.39, 0.29) is 16.3 Å². The zero-order valence-corrected chi connectivity index (χ0v) is 14.0. The molecular weight excluding hydrogens is 428 g/mol. The van der Waals surface area contributed by atoms with E-state index in [9.17, 15) is 9.59 Å². The maximum absolute atomic E-state index is 12.1. The van der Waals surface area contributed by atoms with E-state index in [2.05, 4.69) is 5.32 Å². The van der Waals surface area contributed by atoms with Crippen molar-refractivity contribution in [3.8, 4) is 0 Å². The van der Waals surface area contributed by atoms with Gasteiger partial charge in [-0.3, -0.25) is 4.79 Å². The molecule has 2 N–H and O–H groups in total. The predicted octanol–water partition coefficient (Wildman–Crippen LogP) is 4.55. The van der Waals surface area contributed by atoms with E-state index < -0.39 is 11.9 Å². The van der Waals surface area contributed by atoms with E-state index in [4.69, 9.17) is 28.3 Å². The molecule has 0 unspecified atom stereocenters. The normalized spacial score (nSPS) is 10.2. The van der Waals surface area contributed by atoms with Crippen LogP contribution in [0.15, 0.2) is 36.4 Å². The van der Waals surface area contributed by atoms with Crippen molar-refractivity contribution in [3.05, 3.63) is 61.1 Å². The summed E-state index contributed by atoms with van der Waals surface area (Å²) in [6, 6.07) is 9.17. The van der Waals surface area contributed by atoms with Gasteiger partial charge in [-0.1, -0.05) is 23.2 Å². The van der Waals surface area contributed by atoms with E-state index in [0.717, 1.165) is 3.57 Å². The molecule has 2 aromatic carbocycles. The number of rotatable bonds is 3. The van der Waals surface area contributed by atoms with Crippen LogP contribution < -0.4 is 5.32 Å². The summed E-state index contributed by atoms with van der Waals surface area (Å²) in [6.07, 6.45) is 0. The van der Waals surface area contributed by atoms with Crippen molar-refractivity contribution in [1.82, 2.24) is 0 Å². The predicted molar refractivity (Wildman–Crippen MR) is 90.5 cm³/mol. The minimum absolute atomic E-state index is 0.0234. The van der Waals surface area contributed by atoms with Crippen molar-refractivity contribution in [2.75, 3.05) is 5.32 Å². The number of carbonyl (C=O) groups excluding carboxylic acids is 1. The molecule has 0 heterocycles. The Bertz CT molecular complexity index is 734.